The molecule has 1 spiro atoms. The zero-order valence-electron chi connectivity index (χ0n) is 11.4. The van der Waals surface area contributed by atoms with Gasteiger partial charge in [0.2, 0.25) is 11.8 Å². The molecule has 2 aliphatic rings. The Morgan fingerprint density at radius 3 is 2.60 bits per heavy atom. The van der Waals surface area contributed by atoms with E-state index >= 15 is 0 Å². The summed E-state index contributed by atoms with van der Waals surface area (Å²) in [4.78, 5) is 25.7. The lowest BCUT2D eigenvalue weighted by molar-refractivity contribution is -0.152. The number of hydrogen-bond donors (Lipinski definition) is 1. The van der Waals surface area contributed by atoms with Crippen LogP contribution in [0.2, 0.25) is 0 Å². The predicted molar refractivity (Wildman–Crippen MR) is 67.4 cm³/mol. The molecule has 0 bridgehead atoms. The summed E-state index contributed by atoms with van der Waals surface area (Å²) in [6, 6.07) is 0. The average Bonchev–Trinajstić information content (AvgIpc) is 2.41. The van der Waals surface area contributed by atoms with Crippen LogP contribution in [0.15, 0.2) is 0 Å². The number of rotatable bonds is 5. The van der Waals surface area contributed by atoms with E-state index in [9.17, 15) is 18.4 Å². The number of ether oxygens (including phenoxy) is 1. The Kier molecular flexibility index (Phi) is 4.91. The molecule has 2 fully saturated rings. The molecule has 1 saturated heterocycles. The van der Waals surface area contributed by atoms with Crippen molar-refractivity contribution < 1.29 is 23.1 Å². The summed E-state index contributed by atoms with van der Waals surface area (Å²) in [6.07, 6.45) is 1.71. The lowest BCUT2D eigenvalue weighted by Crippen LogP contribution is -2.67. The van der Waals surface area contributed by atoms with Gasteiger partial charge in [-0.2, -0.15) is 0 Å². The maximum Gasteiger partial charge on any atom is 0.261 e. The highest BCUT2D eigenvalue weighted by molar-refractivity contribution is 5.98. The molecule has 0 atom stereocenters. The fourth-order valence-electron chi connectivity index (χ4n) is 2.93. The summed E-state index contributed by atoms with van der Waals surface area (Å²) in [5.41, 5.74) is -0.768. The standard InChI is InChI=1S/C13H20F2N2O3/c14-10(15)9-20-7-6-17-8-11(18)16-13(12(17)19)4-2-1-3-5-13/h10H,1-9H2,(H,16,18). The Bertz CT molecular complexity index is 371. The lowest BCUT2D eigenvalue weighted by atomic mass is 9.79. The van der Waals surface area contributed by atoms with E-state index in [2.05, 4.69) is 5.32 Å². The number of hydrogen-bond acceptors (Lipinski definition) is 3. The molecule has 0 unspecified atom stereocenters. The summed E-state index contributed by atoms with van der Waals surface area (Å²) in [5, 5.41) is 2.83. The Labute approximate surface area is 116 Å². The summed E-state index contributed by atoms with van der Waals surface area (Å²) in [7, 11) is 0. The van der Waals surface area contributed by atoms with Crippen LogP contribution >= 0.6 is 0 Å². The molecule has 114 valence electrons. The number of piperazine rings is 1. The molecule has 5 nitrogen and oxygen atoms in total. The van der Waals surface area contributed by atoms with Crippen LogP contribution in [0.4, 0.5) is 8.78 Å². The van der Waals surface area contributed by atoms with Gasteiger partial charge in [0, 0.05) is 6.54 Å². The van der Waals surface area contributed by atoms with Gasteiger partial charge >= 0.3 is 0 Å². The summed E-state index contributed by atoms with van der Waals surface area (Å²) in [5.74, 6) is -0.280. The number of alkyl halides is 2. The fourth-order valence-corrected chi connectivity index (χ4v) is 2.93. The smallest absolute Gasteiger partial charge is 0.261 e. The van der Waals surface area contributed by atoms with E-state index < -0.39 is 18.6 Å². The van der Waals surface area contributed by atoms with Crippen molar-refractivity contribution in [3.8, 4) is 0 Å². The molecule has 0 aromatic carbocycles. The largest absolute Gasteiger partial charge is 0.374 e. The van der Waals surface area contributed by atoms with E-state index in [-0.39, 0.29) is 31.5 Å². The quantitative estimate of drug-likeness (QED) is 0.766. The molecule has 0 aromatic rings. The van der Waals surface area contributed by atoms with E-state index in [4.69, 9.17) is 4.74 Å². The third-order valence-corrected chi connectivity index (χ3v) is 3.87. The van der Waals surface area contributed by atoms with E-state index in [0.717, 1.165) is 19.3 Å². The zero-order valence-corrected chi connectivity index (χ0v) is 11.4. The third-order valence-electron chi connectivity index (χ3n) is 3.87. The molecular formula is C13H20F2N2O3. The number of carbonyl (C=O) groups excluding carboxylic acids is 2. The number of carbonyl (C=O) groups is 2. The van der Waals surface area contributed by atoms with Gasteiger partial charge in [-0.25, -0.2) is 8.78 Å². The minimum Gasteiger partial charge on any atom is -0.374 e. The first-order valence-corrected chi connectivity index (χ1v) is 7.00. The first-order chi connectivity index (χ1) is 9.53. The van der Waals surface area contributed by atoms with Gasteiger partial charge in [0.05, 0.1) is 13.2 Å². The van der Waals surface area contributed by atoms with Crippen LogP contribution in [0.5, 0.6) is 0 Å². The Morgan fingerprint density at radius 1 is 1.25 bits per heavy atom. The Hall–Kier alpha value is -1.24. The van der Waals surface area contributed by atoms with Crippen LogP contribution in [0, 0.1) is 0 Å². The van der Waals surface area contributed by atoms with E-state index in [1.54, 1.807) is 0 Å². The van der Waals surface area contributed by atoms with Gasteiger partial charge in [0.25, 0.3) is 6.43 Å². The van der Waals surface area contributed by atoms with Crippen molar-refractivity contribution in [3.63, 3.8) is 0 Å². The van der Waals surface area contributed by atoms with Crippen molar-refractivity contribution >= 4 is 11.8 Å². The van der Waals surface area contributed by atoms with Gasteiger partial charge in [-0.3, -0.25) is 9.59 Å². The fraction of sp³-hybridized carbons (Fsp3) is 0.846. The molecule has 20 heavy (non-hydrogen) atoms. The summed E-state index contributed by atoms with van der Waals surface area (Å²) in [6.45, 7) is -0.446. The minimum absolute atomic E-state index is 0.0153. The van der Waals surface area contributed by atoms with Crippen LogP contribution in [-0.2, 0) is 14.3 Å². The summed E-state index contributed by atoms with van der Waals surface area (Å²) < 4.78 is 28.7. The molecule has 0 aromatic heterocycles. The lowest BCUT2D eigenvalue weighted by Gasteiger charge is -2.44. The SMILES string of the molecule is O=C1CN(CCOCC(F)F)C(=O)C2(CCCCC2)N1. The van der Waals surface area contributed by atoms with Crippen molar-refractivity contribution in [2.24, 2.45) is 0 Å². The number of halogens is 2. The highest BCUT2D eigenvalue weighted by atomic mass is 19.3. The van der Waals surface area contributed by atoms with Crippen molar-refractivity contribution in [2.75, 3.05) is 26.3 Å². The molecule has 1 aliphatic carbocycles. The highest BCUT2D eigenvalue weighted by Crippen LogP contribution is 2.31. The van der Waals surface area contributed by atoms with Crippen LogP contribution < -0.4 is 5.32 Å². The number of nitrogens with zero attached hydrogens (tertiary/aromatic N) is 1. The monoisotopic (exact) mass is 290 g/mol. The second-order valence-corrected chi connectivity index (χ2v) is 5.38. The van der Waals surface area contributed by atoms with Gasteiger partial charge in [-0.1, -0.05) is 19.3 Å². The molecule has 0 radical (unpaired) electrons. The molecular weight excluding hydrogens is 270 g/mol. The normalized spacial score (nSPS) is 22.4. The highest BCUT2D eigenvalue weighted by Gasteiger charge is 2.46. The molecule has 1 saturated carbocycles. The topological polar surface area (TPSA) is 58.6 Å². The van der Waals surface area contributed by atoms with Crippen molar-refractivity contribution in [1.29, 1.82) is 0 Å². The van der Waals surface area contributed by atoms with Gasteiger partial charge in [0.15, 0.2) is 0 Å². The molecule has 7 heteroatoms. The molecule has 2 amide bonds. The number of nitrogens with one attached hydrogen (secondary N) is 1. The van der Waals surface area contributed by atoms with Crippen molar-refractivity contribution in [1.82, 2.24) is 10.2 Å². The first kappa shape index (κ1) is 15.2. The minimum atomic E-state index is -2.51. The first-order valence-electron chi connectivity index (χ1n) is 7.00. The zero-order chi connectivity index (χ0) is 14.6. The van der Waals surface area contributed by atoms with E-state index in [0.29, 0.717) is 12.8 Å². The van der Waals surface area contributed by atoms with E-state index in [1.165, 1.54) is 4.90 Å². The molecule has 2 rings (SSSR count). The summed E-state index contributed by atoms with van der Waals surface area (Å²) >= 11 is 0. The molecule has 1 aliphatic heterocycles. The Morgan fingerprint density at radius 2 is 1.95 bits per heavy atom. The maximum atomic E-state index is 12.5. The van der Waals surface area contributed by atoms with Crippen molar-refractivity contribution in [3.05, 3.63) is 0 Å². The number of amides is 2. The second kappa shape index (κ2) is 6.47. The third kappa shape index (κ3) is 3.45. The predicted octanol–water partition coefficient (Wildman–Crippen LogP) is 0.929. The molecule has 1 heterocycles. The van der Waals surface area contributed by atoms with Gasteiger partial charge in [-0.05, 0) is 12.8 Å². The van der Waals surface area contributed by atoms with Crippen molar-refractivity contribution in [2.45, 2.75) is 44.1 Å². The van der Waals surface area contributed by atoms with Gasteiger partial charge in [-0.15, -0.1) is 0 Å². The van der Waals surface area contributed by atoms with Crippen LogP contribution in [0.3, 0.4) is 0 Å². The average molecular weight is 290 g/mol. The van der Waals surface area contributed by atoms with Gasteiger partial charge in [0.1, 0.15) is 12.1 Å². The second-order valence-electron chi connectivity index (χ2n) is 5.38. The van der Waals surface area contributed by atoms with Gasteiger partial charge < -0.3 is 15.0 Å². The van der Waals surface area contributed by atoms with E-state index in [1.807, 2.05) is 0 Å². The van der Waals surface area contributed by atoms with Crippen LogP contribution in [-0.4, -0.2) is 55.0 Å². The van der Waals surface area contributed by atoms with Crippen LogP contribution in [0.25, 0.3) is 0 Å². The Balaban J connectivity index is 1.91. The molecule has 1 N–H and O–H groups in total. The maximum absolute atomic E-state index is 12.5. The van der Waals surface area contributed by atoms with Crippen LogP contribution in [0.1, 0.15) is 32.1 Å².